The van der Waals surface area contributed by atoms with Crippen molar-refractivity contribution in [2.45, 2.75) is 33.2 Å². The van der Waals surface area contributed by atoms with Gasteiger partial charge in [-0.25, -0.2) is 0 Å². The Labute approximate surface area is 112 Å². The van der Waals surface area contributed by atoms with Crippen molar-refractivity contribution in [1.29, 1.82) is 0 Å². The fourth-order valence-electron chi connectivity index (χ4n) is 1.32. The molecule has 5 heteroatoms. The van der Waals surface area contributed by atoms with Crippen LogP contribution in [-0.2, 0) is 9.59 Å². The molecule has 0 spiro atoms. The van der Waals surface area contributed by atoms with Crippen LogP contribution in [0.5, 0.6) is 0 Å². The van der Waals surface area contributed by atoms with Crippen molar-refractivity contribution in [3.05, 3.63) is 30.2 Å². The van der Waals surface area contributed by atoms with Gasteiger partial charge in [0.1, 0.15) is 5.76 Å². The lowest BCUT2D eigenvalue weighted by molar-refractivity contribution is -0.151. The van der Waals surface area contributed by atoms with Gasteiger partial charge in [0.05, 0.1) is 17.2 Å². The molecule has 0 bridgehead atoms. The normalized spacial score (nSPS) is 12.6. The minimum atomic E-state index is -1.08. The lowest BCUT2D eigenvalue weighted by atomic mass is 9.74. The Morgan fingerprint density at radius 1 is 1.32 bits per heavy atom. The van der Waals surface area contributed by atoms with Gasteiger partial charge >= 0.3 is 5.97 Å². The lowest BCUT2D eigenvalue weighted by Crippen LogP contribution is -2.56. The van der Waals surface area contributed by atoms with Gasteiger partial charge < -0.3 is 14.8 Å². The number of carbonyl (C=O) groups excluding carboxylic acids is 1. The smallest absolute Gasteiger partial charge is 0.311 e. The van der Waals surface area contributed by atoms with Crippen molar-refractivity contribution >= 4 is 18.0 Å². The molecule has 0 radical (unpaired) electrons. The number of carboxylic acid groups (broad SMARTS) is 1. The van der Waals surface area contributed by atoms with Crippen molar-refractivity contribution in [2.24, 2.45) is 5.41 Å². The maximum Gasteiger partial charge on any atom is 0.311 e. The highest BCUT2D eigenvalue weighted by atomic mass is 16.4. The van der Waals surface area contributed by atoms with E-state index in [1.54, 1.807) is 39.8 Å². The molecule has 0 fully saturated rings. The summed E-state index contributed by atoms with van der Waals surface area (Å²) < 4.78 is 5.06. The van der Waals surface area contributed by atoms with Crippen molar-refractivity contribution < 1.29 is 19.1 Å². The van der Waals surface area contributed by atoms with Crippen LogP contribution in [0.3, 0.4) is 0 Å². The number of carbonyl (C=O) groups is 2. The Kier molecular flexibility index (Phi) is 4.19. The molecule has 0 aliphatic carbocycles. The van der Waals surface area contributed by atoms with Crippen LogP contribution in [0.1, 0.15) is 33.5 Å². The highest BCUT2D eigenvalue weighted by molar-refractivity contribution is 5.92. The predicted octanol–water partition coefficient (Wildman–Crippen LogP) is 2.30. The molecule has 0 aromatic carbocycles. The number of hydrogen-bond acceptors (Lipinski definition) is 3. The van der Waals surface area contributed by atoms with Crippen LogP contribution in [0.4, 0.5) is 0 Å². The number of aliphatic carboxylic acids is 1. The molecular formula is C14H19NO4. The summed E-state index contributed by atoms with van der Waals surface area (Å²) in [7, 11) is 0. The van der Waals surface area contributed by atoms with Gasteiger partial charge in [-0.2, -0.15) is 0 Å². The summed E-state index contributed by atoms with van der Waals surface area (Å²) in [5.41, 5.74) is -1.97. The molecule has 0 aliphatic heterocycles. The van der Waals surface area contributed by atoms with Gasteiger partial charge in [0.2, 0.25) is 5.91 Å². The van der Waals surface area contributed by atoms with Gasteiger partial charge in [-0.1, -0.05) is 0 Å². The molecule has 0 saturated carbocycles. The van der Waals surface area contributed by atoms with Gasteiger partial charge in [0.15, 0.2) is 0 Å². The predicted molar refractivity (Wildman–Crippen MR) is 71.4 cm³/mol. The second kappa shape index (κ2) is 5.30. The van der Waals surface area contributed by atoms with E-state index in [4.69, 9.17) is 4.42 Å². The van der Waals surface area contributed by atoms with E-state index >= 15 is 0 Å². The summed E-state index contributed by atoms with van der Waals surface area (Å²) in [6.07, 6.45) is 4.35. The number of rotatable bonds is 5. The fourth-order valence-corrected chi connectivity index (χ4v) is 1.32. The van der Waals surface area contributed by atoms with Crippen LogP contribution in [0.2, 0.25) is 0 Å². The molecule has 0 aliphatic rings. The number of furan rings is 1. The third kappa shape index (κ3) is 3.47. The highest BCUT2D eigenvalue weighted by Crippen LogP contribution is 2.30. The van der Waals surface area contributed by atoms with E-state index in [9.17, 15) is 14.7 Å². The average Bonchev–Trinajstić information content (AvgIpc) is 2.78. The summed E-state index contributed by atoms with van der Waals surface area (Å²) >= 11 is 0. The third-order valence-corrected chi connectivity index (χ3v) is 3.48. The minimum absolute atomic E-state index is 0.365. The van der Waals surface area contributed by atoms with Crippen LogP contribution in [-0.4, -0.2) is 22.5 Å². The lowest BCUT2D eigenvalue weighted by Gasteiger charge is -2.38. The van der Waals surface area contributed by atoms with Crippen molar-refractivity contribution in [2.75, 3.05) is 0 Å². The maximum atomic E-state index is 11.8. The van der Waals surface area contributed by atoms with Gasteiger partial charge in [0, 0.05) is 6.08 Å². The van der Waals surface area contributed by atoms with Gasteiger partial charge in [-0.3, -0.25) is 9.59 Å². The van der Waals surface area contributed by atoms with Crippen LogP contribution < -0.4 is 5.32 Å². The zero-order chi connectivity index (χ0) is 14.7. The maximum absolute atomic E-state index is 11.8. The molecule has 0 atom stereocenters. The first-order valence-corrected chi connectivity index (χ1v) is 5.94. The highest BCUT2D eigenvalue weighted by Gasteiger charge is 2.44. The van der Waals surface area contributed by atoms with Crippen LogP contribution in [0, 0.1) is 5.41 Å². The first-order chi connectivity index (χ1) is 8.67. The number of nitrogens with one attached hydrogen (secondary N) is 1. The molecule has 1 aromatic rings. The molecule has 1 aromatic heterocycles. The Morgan fingerprint density at radius 3 is 2.42 bits per heavy atom. The van der Waals surface area contributed by atoms with Gasteiger partial charge in [-0.05, 0) is 45.9 Å². The van der Waals surface area contributed by atoms with Crippen molar-refractivity contribution in [3.8, 4) is 0 Å². The van der Waals surface area contributed by atoms with Crippen LogP contribution >= 0.6 is 0 Å². The quantitative estimate of drug-likeness (QED) is 0.800. The van der Waals surface area contributed by atoms with Crippen LogP contribution in [0.25, 0.3) is 6.08 Å². The van der Waals surface area contributed by atoms with E-state index < -0.39 is 16.9 Å². The van der Waals surface area contributed by atoms with E-state index in [1.807, 2.05) is 0 Å². The van der Waals surface area contributed by atoms with Crippen molar-refractivity contribution in [1.82, 2.24) is 5.32 Å². The molecule has 2 N–H and O–H groups in total. The monoisotopic (exact) mass is 265 g/mol. The number of hydrogen-bond donors (Lipinski definition) is 2. The summed E-state index contributed by atoms with van der Waals surface area (Å²) in [5.74, 6) is -0.769. The Bertz CT molecular complexity index is 484. The fraction of sp³-hybridized carbons (Fsp3) is 0.429. The molecule has 0 unspecified atom stereocenters. The first kappa shape index (κ1) is 15.0. The molecule has 19 heavy (non-hydrogen) atoms. The SMILES string of the molecule is CC(C)(NC(=O)/C=C\c1ccco1)C(C)(C)C(=O)O. The van der Waals surface area contributed by atoms with E-state index in [1.165, 1.54) is 18.4 Å². The second-order valence-electron chi connectivity index (χ2n) is 5.39. The molecule has 104 valence electrons. The standard InChI is InChI=1S/C14H19NO4/c1-13(2,12(17)18)14(3,4)15-11(16)8-7-10-6-5-9-19-10/h5-9H,1-4H3,(H,15,16)(H,17,18)/b8-7-. The zero-order valence-corrected chi connectivity index (χ0v) is 11.6. The largest absolute Gasteiger partial charge is 0.481 e. The molecule has 0 saturated heterocycles. The third-order valence-electron chi connectivity index (χ3n) is 3.48. The summed E-state index contributed by atoms with van der Waals surface area (Å²) in [5, 5.41) is 11.9. The van der Waals surface area contributed by atoms with E-state index in [-0.39, 0.29) is 5.91 Å². The summed E-state index contributed by atoms with van der Waals surface area (Å²) in [6.45, 7) is 6.51. The van der Waals surface area contributed by atoms with Gasteiger partial charge in [-0.15, -0.1) is 0 Å². The summed E-state index contributed by atoms with van der Waals surface area (Å²) in [4.78, 5) is 23.0. The zero-order valence-electron chi connectivity index (χ0n) is 11.6. The molecule has 5 nitrogen and oxygen atoms in total. The average molecular weight is 265 g/mol. The van der Waals surface area contributed by atoms with Crippen LogP contribution in [0.15, 0.2) is 28.9 Å². The Morgan fingerprint density at radius 2 is 1.95 bits per heavy atom. The molecule has 1 amide bonds. The molecule has 1 rings (SSSR count). The summed E-state index contributed by atoms with van der Waals surface area (Å²) in [6, 6.07) is 3.44. The van der Waals surface area contributed by atoms with Gasteiger partial charge in [0.25, 0.3) is 0 Å². The Hall–Kier alpha value is -2.04. The Balaban J connectivity index is 2.73. The van der Waals surface area contributed by atoms with E-state index in [0.29, 0.717) is 5.76 Å². The molecule has 1 heterocycles. The number of carboxylic acids is 1. The van der Waals surface area contributed by atoms with E-state index in [2.05, 4.69) is 5.32 Å². The first-order valence-electron chi connectivity index (χ1n) is 5.94. The van der Waals surface area contributed by atoms with Crippen molar-refractivity contribution in [3.63, 3.8) is 0 Å². The van der Waals surface area contributed by atoms with E-state index in [0.717, 1.165) is 0 Å². The second-order valence-corrected chi connectivity index (χ2v) is 5.39. The minimum Gasteiger partial charge on any atom is -0.481 e. The molecular weight excluding hydrogens is 246 g/mol. The topological polar surface area (TPSA) is 79.5 Å². The number of amides is 1.